The van der Waals surface area contributed by atoms with Crippen LogP contribution in [0.2, 0.25) is 0 Å². The van der Waals surface area contributed by atoms with E-state index in [2.05, 4.69) is 60.3 Å². The lowest BCUT2D eigenvalue weighted by molar-refractivity contribution is -0.894. The summed E-state index contributed by atoms with van der Waals surface area (Å²) >= 11 is 0. The number of rotatable bonds is 5. The Morgan fingerprint density at radius 1 is 1.00 bits per heavy atom. The zero-order chi connectivity index (χ0) is 17.6. The number of piperazine rings is 1. The second-order valence-corrected chi connectivity index (χ2v) is 6.81. The number of benzene rings is 2. The molecule has 3 nitrogen and oxygen atoms in total. The van der Waals surface area contributed by atoms with Crippen molar-refractivity contribution in [3.05, 3.63) is 66.0 Å². The summed E-state index contributed by atoms with van der Waals surface area (Å²) in [6.45, 7) is 5.31. The monoisotopic (exact) mass is 340 g/mol. The molecular weight excluding hydrogens is 313 g/mol. The van der Waals surface area contributed by atoms with Gasteiger partial charge >= 0.3 is 0 Å². The highest BCUT2D eigenvalue weighted by molar-refractivity contribution is 5.55. The van der Waals surface area contributed by atoms with Gasteiger partial charge in [-0.25, -0.2) is 4.39 Å². The van der Waals surface area contributed by atoms with Crippen LogP contribution in [0, 0.1) is 5.82 Å². The summed E-state index contributed by atoms with van der Waals surface area (Å²) in [5.74, 6) is -0.170. The van der Waals surface area contributed by atoms with E-state index < -0.39 is 0 Å². The van der Waals surface area contributed by atoms with E-state index in [0.717, 1.165) is 38.4 Å². The lowest BCUT2D eigenvalue weighted by atomic mass is 10.2. The maximum absolute atomic E-state index is 13.0. The first-order valence-corrected chi connectivity index (χ1v) is 8.90. The molecule has 0 atom stereocenters. The molecule has 0 amide bonds. The highest BCUT2D eigenvalue weighted by Crippen LogP contribution is 2.15. The van der Waals surface area contributed by atoms with Crippen molar-refractivity contribution >= 4 is 17.5 Å². The van der Waals surface area contributed by atoms with Crippen molar-refractivity contribution in [3.8, 4) is 0 Å². The highest BCUT2D eigenvalue weighted by Gasteiger charge is 2.18. The summed E-state index contributed by atoms with van der Waals surface area (Å²) in [5, 5.41) is 0. The van der Waals surface area contributed by atoms with Crippen LogP contribution in [0.3, 0.4) is 0 Å². The molecule has 1 saturated heterocycles. The van der Waals surface area contributed by atoms with Gasteiger partial charge in [-0.1, -0.05) is 18.2 Å². The quantitative estimate of drug-likeness (QED) is 0.896. The molecule has 4 heteroatoms. The minimum atomic E-state index is -0.170. The Hall–Kier alpha value is -2.33. The fraction of sp³-hybridized carbons (Fsp3) is 0.333. The van der Waals surface area contributed by atoms with Crippen LogP contribution in [-0.4, -0.2) is 46.8 Å². The molecule has 2 aromatic rings. The van der Waals surface area contributed by atoms with Crippen molar-refractivity contribution in [2.45, 2.75) is 0 Å². The van der Waals surface area contributed by atoms with Crippen molar-refractivity contribution in [2.75, 3.05) is 56.6 Å². The molecule has 132 valence electrons. The van der Waals surface area contributed by atoms with Crippen LogP contribution in [-0.2, 0) is 0 Å². The minimum Gasteiger partial charge on any atom is -0.378 e. The first-order valence-electron chi connectivity index (χ1n) is 8.90. The molecule has 1 fully saturated rings. The fourth-order valence-corrected chi connectivity index (χ4v) is 3.18. The van der Waals surface area contributed by atoms with Crippen molar-refractivity contribution in [1.29, 1.82) is 0 Å². The van der Waals surface area contributed by atoms with Gasteiger partial charge in [0.25, 0.3) is 0 Å². The zero-order valence-electron chi connectivity index (χ0n) is 15.1. The third-order valence-electron chi connectivity index (χ3n) is 4.79. The van der Waals surface area contributed by atoms with Gasteiger partial charge in [-0.2, -0.15) is 0 Å². The van der Waals surface area contributed by atoms with Gasteiger partial charge in [0, 0.05) is 25.5 Å². The maximum Gasteiger partial charge on any atom is 0.123 e. The van der Waals surface area contributed by atoms with Gasteiger partial charge in [0.2, 0.25) is 0 Å². The molecule has 1 heterocycles. The molecule has 2 aromatic carbocycles. The van der Waals surface area contributed by atoms with Crippen molar-refractivity contribution < 1.29 is 9.29 Å². The summed E-state index contributed by atoms with van der Waals surface area (Å²) in [7, 11) is 4.11. The smallest absolute Gasteiger partial charge is 0.123 e. The molecule has 1 aliphatic heterocycles. The molecule has 1 aliphatic rings. The fourth-order valence-electron chi connectivity index (χ4n) is 3.18. The van der Waals surface area contributed by atoms with Crippen molar-refractivity contribution in [2.24, 2.45) is 0 Å². The third-order valence-corrected chi connectivity index (χ3v) is 4.79. The molecule has 3 rings (SSSR count). The molecule has 0 aliphatic carbocycles. The predicted molar refractivity (Wildman–Crippen MR) is 104 cm³/mol. The van der Waals surface area contributed by atoms with E-state index in [1.54, 1.807) is 17.0 Å². The number of nitrogens with one attached hydrogen (secondary N) is 1. The SMILES string of the molecule is CN(C)c1ccc(/C=C/C[NH+]2CCN(c3ccc(F)cc3)CC2)cc1. The largest absolute Gasteiger partial charge is 0.378 e. The summed E-state index contributed by atoms with van der Waals surface area (Å²) in [6, 6.07) is 15.4. The van der Waals surface area contributed by atoms with Crippen LogP contribution in [0.4, 0.5) is 15.8 Å². The van der Waals surface area contributed by atoms with Crippen LogP contribution in [0.1, 0.15) is 5.56 Å². The van der Waals surface area contributed by atoms with Crippen LogP contribution in [0.5, 0.6) is 0 Å². The van der Waals surface area contributed by atoms with E-state index in [0.29, 0.717) is 0 Å². The molecule has 0 saturated carbocycles. The summed E-state index contributed by atoms with van der Waals surface area (Å²) in [4.78, 5) is 6.05. The topological polar surface area (TPSA) is 10.9 Å². The van der Waals surface area contributed by atoms with E-state index in [1.807, 2.05) is 12.1 Å². The van der Waals surface area contributed by atoms with Crippen LogP contribution in [0.15, 0.2) is 54.6 Å². The Balaban J connectivity index is 1.46. The number of quaternary nitrogens is 1. The Bertz CT molecular complexity index is 684. The molecule has 0 spiro atoms. The van der Waals surface area contributed by atoms with Gasteiger partial charge in [0.05, 0.1) is 32.7 Å². The van der Waals surface area contributed by atoms with Crippen molar-refractivity contribution in [3.63, 3.8) is 0 Å². The number of anilines is 2. The first kappa shape index (κ1) is 17.5. The van der Waals surface area contributed by atoms with Gasteiger partial charge in [0.1, 0.15) is 5.82 Å². The number of hydrogen-bond acceptors (Lipinski definition) is 2. The average molecular weight is 340 g/mol. The standard InChI is InChI=1S/C21H26FN3/c1-23(2)20-9-5-18(6-10-20)4-3-13-24-14-16-25(17-15-24)21-11-7-19(22)8-12-21/h3-12H,13-17H2,1-2H3/p+1/b4-3+. The van der Waals surface area contributed by atoms with Crippen LogP contribution >= 0.6 is 0 Å². The van der Waals surface area contributed by atoms with Gasteiger partial charge in [-0.3, -0.25) is 0 Å². The minimum absolute atomic E-state index is 0.170. The normalized spacial score (nSPS) is 15.7. The summed E-state index contributed by atoms with van der Waals surface area (Å²) in [6.07, 6.45) is 4.48. The molecule has 0 unspecified atom stereocenters. The number of hydrogen-bond donors (Lipinski definition) is 1. The third kappa shape index (κ3) is 4.83. The van der Waals surface area contributed by atoms with E-state index in [1.165, 1.54) is 11.3 Å². The Morgan fingerprint density at radius 2 is 1.64 bits per heavy atom. The highest BCUT2D eigenvalue weighted by atomic mass is 19.1. The number of nitrogens with zero attached hydrogens (tertiary/aromatic N) is 2. The molecule has 0 aromatic heterocycles. The van der Waals surface area contributed by atoms with Gasteiger partial charge in [-0.05, 0) is 48.0 Å². The lowest BCUT2D eigenvalue weighted by Crippen LogP contribution is -3.14. The second kappa shape index (κ2) is 8.17. The Kier molecular flexibility index (Phi) is 5.71. The Morgan fingerprint density at radius 3 is 2.24 bits per heavy atom. The zero-order valence-corrected chi connectivity index (χ0v) is 15.1. The second-order valence-electron chi connectivity index (χ2n) is 6.81. The van der Waals surface area contributed by atoms with Gasteiger partial charge < -0.3 is 14.7 Å². The van der Waals surface area contributed by atoms with Crippen molar-refractivity contribution in [1.82, 2.24) is 0 Å². The Labute approximate surface area is 150 Å². The van der Waals surface area contributed by atoms with Gasteiger partial charge in [0.15, 0.2) is 0 Å². The summed E-state index contributed by atoms with van der Waals surface area (Å²) in [5.41, 5.74) is 3.59. The molecule has 25 heavy (non-hydrogen) atoms. The molecular formula is C21H27FN3+. The predicted octanol–water partition coefficient (Wildman–Crippen LogP) is 2.31. The van der Waals surface area contributed by atoms with E-state index in [-0.39, 0.29) is 5.82 Å². The van der Waals surface area contributed by atoms with E-state index in [4.69, 9.17) is 0 Å². The average Bonchev–Trinajstić information content (AvgIpc) is 2.63. The van der Waals surface area contributed by atoms with E-state index >= 15 is 0 Å². The molecule has 0 bridgehead atoms. The van der Waals surface area contributed by atoms with Crippen LogP contribution in [0.25, 0.3) is 6.08 Å². The lowest BCUT2D eigenvalue weighted by Gasteiger charge is -2.33. The first-order chi connectivity index (χ1) is 12.1. The molecule has 1 N–H and O–H groups in total. The number of halogens is 1. The van der Waals surface area contributed by atoms with Crippen LogP contribution < -0.4 is 14.7 Å². The maximum atomic E-state index is 13.0. The molecule has 0 radical (unpaired) electrons. The van der Waals surface area contributed by atoms with E-state index in [9.17, 15) is 4.39 Å². The summed E-state index contributed by atoms with van der Waals surface area (Å²) < 4.78 is 13.0. The van der Waals surface area contributed by atoms with Gasteiger partial charge in [-0.15, -0.1) is 0 Å².